The highest BCUT2D eigenvalue weighted by Crippen LogP contribution is 2.32. The molecule has 1 heterocycles. The molecule has 1 amide bonds. The van der Waals surface area contributed by atoms with Gasteiger partial charge >= 0.3 is 5.97 Å². The number of carbonyl (C=O) groups excluding carboxylic acids is 2. The molecule has 16 heavy (non-hydrogen) atoms. The van der Waals surface area contributed by atoms with Crippen LogP contribution in [0.25, 0.3) is 0 Å². The fourth-order valence-electron chi connectivity index (χ4n) is 1.70. The van der Waals surface area contributed by atoms with E-state index in [2.05, 4.69) is 10.1 Å². The first kappa shape index (κ1) is 10.5. The van der Waals surface area contributed by atoms with Gasteiger partial charge in [-0.25, -0.2) is 4.79 Å². The van der Waals surface area contributed by atoms with Crippen molar-refractivity contribution in [1.82, 2.24) is 0 Å². The number of carbonyl (C=O) groups is 2. The molecule has 1 aliphatic heterocycles. The van der Waals surface area contributed by atoms with Crippen LogP contribution < -0.4 is 10.2 Å². The van der Waals surface area contributed by atoms with Crippen LogP contribution in [0.2, 0.25) is 0 Å². The van der Waals surface area contributed by atoms with Gasteiger partial charge in [-0.3, -0.25) is 4.79 Å². The highest BCUT2D eigenvalue weighted by Gasteiger charge is 2.24. The summed E-state index contributed by atoms with van der Waals surface area (Å²) in [6.07, 6.45) is 0. The van der Waals surface area contributed by atoms with Crippen molar-refractivity contribution in [2.45, 2.75) is 0 Å². The molecule has 0 radical (unpaired) electrons. The van der Waals surface area contributed by atoms with Gasteiger partial charge in [-0.15, -0.1) is 0 Å². The highest BCUT2D eigenvalue weighted by atomic mass is 16.5. The van der Waals surface area contributed by atoms with Gasteiger partial charge < -0.3 is 15.0 Å². The fraction of sp³-hybridized carbons (Fsp3) is 0.273. The van der Waals surface area contributed by atoms with Crippen molar-refractivity contribution >= 4 is 23.3 Å². The summed E-state index contributed by atoms with van der Waals surface area (Å²) in [5.41, 5.74) is 1.79. The van der Waals surface area contributed by atoms with Crippen molar-refractivity contribution in [2.75, 3.05) is 30.9 Å². The second-order valence-electron chi connectivity index (χ2n) is 3.50. The van der Waals surface area contributed by atoms with E-state index in [0.29, 0.717) is 16.9 Å². The summed E-state index contributed by atoms with van der Waals surface area (Å²) in [6.45, 7) is 0.192. The minimum atomic E-state index is -0.410. The lowest BCUT2D eigenvalue weighted by Gasteiger charge is -2.27. The summed E-state index contributed by atoms with van der Waals surface area (Å²) >= 11 is 0. The molecule has 0 aliphatic carbocycles. The first-order valence-corrected chi connectivity index (χ1v) is 4.87. The molecule has 0 atom stereocenters. The first-order chi connectivity index (χ1) is 7.65. The topological polar surface area (TPSA) is 58.6 Å². The van der Waals surface area contributed by atoms with E-state index in [1.54, 1.807) is 25.2 Å². The van der Waals surface area contributed by atoms with Crippen LogP contribution in [0.4, 0.5) is 11.4 Å². The predicted octanol–water partition coefficient (Wildman–Crippen LogP) is 0.861. The summed E-state index contributed by atoms with van der Waals surface area (Å²) in [7, 11) is 3.02. The van der Waals surface area contributed by atoms with E-state index >= 15 is 0 Å². The fourth-order valence-corrected chi connectivity index (χ4v) is 1.70. The molecule has 5 heteroatoms. The van der Waals surface area contributed by atoms with E-state index in [4.69, 9.17) is 0 Å². The zero-order chi connectivity index (χ0) is 11.7. The maximum absolute atomic E-state index is 11.5. The van der Waals surface area contributed by atoms with Crippen molar-refractivity contribution in [1.29, 1.82) is 0 Å². The summed E-state index contributed by atoms with van der Waals surface area (Å²) < 4.78 is 4.68. The Morgan fingerprint density at radius 3 is 2.94 bits per heavy atom. The normalized spacial score (nSPS) is 14.1. The molecular formula is C11H12N2O3. The van der Waals surface area contributed by atoms with Gasteiger partial charge in [0.2, 0.25) is 5.91 Å². The number of ether oxygens (including phenoxy) is 1. The molecule has 0 saturated heterocycles. The Bertz CT molecular complexity index is 457. The van der Waals surface area contributed by atoms with Crippen molar-refractivity contribution in [3.63, 3.8) is 0 Å². The minimum absolute atomic E-state index is 0.0329. The third kappa shape index (κ3) is 1.50. The first-order valence-electron chi connectivity index (χ1n) is 4.87. The number of esters is 1. The Morgan fingerprint density at radius 2 is 2.25 bits per heavy atom. The molecule has 1 aromatic carbocycles. The van der Waals surface area contributed by atoms with Crippen molar-refractivity contribution in [2.24, 2.45) is 0 Å². The molecule has 1 aliphatic rings. The largest absolute Gasteiger partial charge is 0.465 e. The summed E-state index contributed by atoms with van der Waals surface area (Å²) in [4.78, 5) is 24.5. The molecule has 2 rings (SSSR count). The van der Waals surface area contributed by atoms with Gasteiger partial charge in [-0.1, -0.05) is 6.07 Å². The van der Waals surface area contributed by atoms with E-state index in [0.717, 1.165) is 0 Å². The molecule has 0 fully saturated rings. The number of hydrogen-bond acceptors (Lipinski definition) is 4. The molecule has 0 bridgehead atoms. The number of benzene rings is 1. The number of anilines is 2. The number of hydrogen-bond donors (Lipinski definition) is 1. The molecule has 0 unspecified atom stereocenters. The number of rotatable bonds is 1. The smallest absolute Gasteiger partial charge is 0.340 e. The van der Waals surface area contributed by atoms with E-state index in [1.165, 1.54) is 12.0 Å². The van der Waals surface area contributed by atoms with Crippen LogP contribution in [0.5, 0.6) is 0 Å². The number of para-hydroxylation sites is 1. The predicted molar refractivity (Wildman–Crippen MR) is 59.7 cm³/mol. The molecule has 1 aromatic rings. The summed E-state index contributed by atoms with van der Waals surface area (Å²) in [5, 5.41) is 2.93. The van der Waals surface area contributed by atoms with E-state index < -0.39 is 5.97 Å². The third-order valence-corrected chi connectivity index (χ3v) is 2.60. The number of likely N-dealkylation sites (N-methyl/N-ethyl adjacent to an activating group) is 1. The molecule has 5 nitrogen and oxygen atoms in total. The van der Waals surface area contributed by atoms with Crippen LogP contribution in [0.15, 0.2) is 18.2 Å². The van der Waals surface area contributed by atoms with Crippen molar-refractivity contribution in [3.05, 3.63) is 23.8 Å². The molecule has 0 saturated carbocycles. The van der Waals surface area contributed by atoms with Gasteiger partial charge in [0.1, 0.15) is 0 Å². The zero-order valence-electron chi connectivity index (χ0n) is 9.11. The zero-order valence-corrected chi connectivity index (χ0v) is 9.11. The molecule has 0 spiro atoms. The van der Waals surface area contributed by atoms with Gasteiger partial charge in [-0.2, -0.15) is 0 Å². The van der Waals surface area contributed by atoms with Crippen molar-refractivity contribution in [3.8, 4) is 0 Å². The Balaban J connectivity index is 2.52. The SMILES string of the molecule is COC(=O)c1cccc2c1NCC(=O)N2C. The van der Waals surface area contributed by atoms with E-state index in [9.17, 15) is 9.59 Å². The van der Waals surface area contributed by atoms with Crippen LogP contribution in [0.1, 0.15) is 10.4 Å². The monoisotopic (exact) mass is 220 g/mol. The van der Waals surface area contributed by atoms with Crippen LogP contribution in [0, 0.1) is 0 Å². The quantitative estimate of drug-likeness (QED) is 0.713. The number of fused-ring (bicyclic) bond motifs is 1. The Hall–Kier alpha value is -2.04. The number of nitrogens with one attached hydrogen (secondary N) is 1. The molecule has 84 valence electrons. The molecule has 1 N–H and O–H groups in total. The minimum Gasteiger partial charge on any atom is -0.465 e. The standard InChI is InChI=1S/C11H12N2O3/c1-13-8-5-3-4-7(11(15)16-2)10(8)12-6-9(13)14/h3-5,12H,6H2,1-2H3. The second-order valence-corrected chi connectivity index (χ2v) is 3.50. The van der Waals surface area contributed by atoms with Crippen LogP contribution in [0.3, 0.4) is 0 Å². The Kier molecular flexibility index (Phi) is 2.52. The second kappa shape index (κ2) is 3.84. The van der Waals surface area contributed by atoms with Gasteiger partial charge in [0.05, 0.1) is 30.6 Å². The summed E-state index contributed by atoms with van der Waals surface area (Å²) in [5.74, 6) is -0.443. The van der Waals surface area contributed by atoms with Crippen molar-refractivity contribution < 1.29 is 14.3 Å². The Labute approximate surface area is 93.0 Å². The number of amides is 1. The van der Waals surface area contributed by atoms with E-state index in [1.807, 2.05) is 0 Å². The van der Waals surface area contributed by atoms with Gasteiger partial charge in [0.15, 0.2) is 0 Å². The maximum atomic E-state index is 11.5. The maximum Gasteiger partial charge on any atom is 0.340 e. The molecule has 0 aromatic heterocycles. The van der Waals surface area contributed by atoms with Crippen LogP contribution in [-0.4, -0.2) is 32.6 Å². The van der Waals surface area contributed by atoms with Gasteiger partial charge in [0.25, 0.3) is 0 Å². The number of nitrogens with zero attached hydrogens (tertiary/aromatic N) is 1. The van der Waals surface area contributed by atoms with E-state index in [-0.39, 0.29) is 12.5 Å². The summed E-state index contributed by atoms with van der Waals surface area (Å²) in [6, 6.07) is 5.18. The van der Waals surface area contributed by atoms with Gasteiger partial charge in [-0.05, 0) is 12.1 Å². The lowest BCUT2D eigenvalue weighted by molar-refractivity contribution is -0.116. The lowest BCUT2D eigenvalue weighted by atomic mass is 10.1. The van der Waals surface area contributed by atoms with Crippen LogP contribution in [-0.2, 0) is 9.53 Å². The third-order valence-electron chi connectivity index (χ3n) is 2.60. The number of methoxy groups -OCH3 is 1. The van der Waals surface area contributed by atoms with Gasteiger partial charge in [0, 0.05) is 7.05 Å². The Morgan fingerprint density at radius 1 is 1.50 bits per heavy atom. The van der Waals surface area contributed by atoms with Crippen LogP contribution >= 0.6 is 0 Å². The highest BCUT2D eigenvalue weighted by molar-refractivity contribution is 6.08. The average molecular weight is 220 g/mol. The molecular weight excluding hydrogens is 208 g/mol. The average Bonchev–Trinajstić information content (AvgIpc) is 2.32. The lowest BCUT2D eigenvalue weighted by Crippen LogP contribution is -2.37.